The fraction of sp³-hybridized carbons (Fsp3) is 0.455. The van der Waals surface area contributed by atoms with Crippen LogP contribution in [0.4, 0.5) is 0 Å². The van der Waals surface area contributed by atoms with Gasteiger partial charge in [0.25, 0.3) is 0 Å². The third-order valence-corrected chi connectivity index (χ3v) is 24.4. The Labute approximate surface area is 187 Å². The molecule has 0 bridgehead atoms. The van der Waals surface area contributed by atoms with Crippen LogP contribution in [0.3, 0.4) is 0 Å². The predicted octanol–water partition coefficient (Wildman–Crippen LogP) is 6.78. The van der Waals surface area contributed by atoms with Crippen LogP contribution in [0.1, 0.15) is 34.0 Å². The van der Waals surface area contributed by atoms with Crippen molar-refractivity contribution in [3.63, 3.8) is 0 Å². The molecule has 1 aromatic rings. The van der Waals surface area contributed by atoms with E-state index in [1.165, 1.54) is 18.4 Å². The van der Waals surface area contributed by atoms with E-state index in [-0.39, 0.29) is 24.8 Å². The Kier molecular flexibility index (Phi) is 9.05. The summed E-state index contributed by atoms with van der Waals surface area (Å²) in [5.74, 6) is 0. The van der Waals surface area contributed by atoms with E-state index in [0.29, 0.717) is 3.63 Å². The van der Waals surface area contributed by atoms with Crippen molar-refractivity contribution in [1.82, 2.24) is 0 Å². The molecule has 2 aliphatic carbocycles. The summed E-state index contributed by atoms with van der Waals surface area (Å²) in [6, 6.07) is 9.01. The van der Waals surface area contributed by atoms with Crippen LogP contribution in [0.15, 0.2) is 51.3 Å². The fourth-order valence-electron chi connectivity index (χ4n) is 4.53. The molecule has 1 nitrogen and oxygen atoms in total. The zero-order valence-corrected chi connectivity index (χ0v) is 24.5. The van der Waals surface area contributed by atoms with Crippen molar-refractivity contribution in [3.8, 4) is 0 Å². The van der Waals surface area contributed by atoms with Gasteiger partial charge < -0.3 is 0 Å². The van der Waals surface area contributed by atoms with Crippen molar-refractivity contribution in [1.29, 1.82) is 0 Å². The first-order chi connectivity index (χ1) is 12.1. The summed E-state index contributed by atoms with van der Waals surface area (Å²) in [6.45, 7) is 10.1. The molecule has 0 aromatic heterocycles. The van der Waals surface area contributed by atoms with Gasteiger partial charge in [-0.25, -0.2) is 0 Å². The van der Waals surface area contributed by atoms with E-state index in [0.717, 1.165) is 13.0 Å². The van der Waals surface area contributed by atoms with Crippen molar-refractivity contribution in [2.24, 2.45) is 0 Å². The van der Waals surface area contributed by atoms with E-state index >= 15 is 0 Å². The number of benzene rings is 1. The third-order valence-electron chi connectivity index (χ3n) is 5.94. The minimum atomic E-state index is -3.06. The molecule has 0 N–H and O–H groups in total. The first-order valence-corrected chi connectivity index (χ1v) is 26.8. The fourth-order valence-corrected chi connectivity index (χ4v) is 20.4. The first kappa shape index (κ1) is 26.3. The minimum Gasteiger partial charge on any atom is -0.147 e. The van der Waals surface area contributed by atoms with Crippen LogP contribution < -0.4 is 0 Å². The summed E-state index contributed by atoms with van der Waals surface area (Å²) >= 11 is -3.06. The van der Waals surface area contributed by atoms with Gasteiger partial charge in [0, 0.05) is 0 Å². The van der Waals surface area contributed by atoms with E-state index in [2.05, 4.69) is 84.4 Å². The Morgan fingerprint density at radius 2 is 1.79 bits per heavy atom. The van der Waals surface area contributed by atoms with Crippen LogP contribution >= 0.6 is 24.8 Å². The van der Waals surface area contributed by atoms with Crippen molar-refractivity contribution in [2.45, 2.75) is 51.8 Å². The van der Waals surface area contributed by atoms with Gasteiger partial charge in [-0.3, -0.25) is 0 Å². The third kappa shape index (κ3) is 5.71. The second-order valence-electron chi connectivity index (χ2n) is 9.95. The Morgan fingerprint density at radius 3 is 2.46 bits per heavy atom. The summed E-state index contributed by atoms with van der Waals surface area (Å²) in [7, 11) is -1.39. The van der Waals surface area contributed by atoms with E-state index in [9.17, 15) is 0 Å². The van der Waals surface area contributed by atoms with Crippen LogP contribution in [0.2, 0.25) is 28.9 Å². The van der Waals surface area contributed by atoms with Gasteiger partial charge in [-0.15, -0.1) is 24.8 Å². The van der Waals surface area contributed by atoms with Crippen LogP contribution in [0, 0.1) is 0 Å². The van der Waals surface area contributed by atoms with Crippen LogP contribution in [-0.4, -0.2) is 21.8 Å². The molecule has 3 rings (SSSR count). The minimum absolute atomic E-state index is 0. The second-order valence-corrected chi connectivity index (χ2v) is 44.2. The molecule has 0 saturated heterocycles. The number of halogens is 2. The maximum Gasteiger partial charge on any atom is -0.147 e. The molecule has 0 spiro atoms. The quantitative estimate of drug-likeness (QED) is 0.277. The smallest absolute Gasteiger partial charge is 0.147 e. The Balaban J connectivity index is 0.00000196. The summed E-state index contributed by atoms with van der Waals surface area (Å²) in [4.78, 5) is 0. The molecule has 2 aliphatic rings. The van der Waals surface area contributed by atoms with Gasteiger partial charge in [-0.1, -0.05) is 0 Å². The van der Waals surface area contributed by atoms with Crippen molar-refractivity contribution < 1.29 is 21.8 Å². The monoisotopic (exact) mass is 532 g/mol. The Morgan fingerprint density at radius 1 is 1.11 bits per heavy atom. The molecule has 6 heteroatoms. The predicted molar refractivity (Wildman–Crippen MR) is 132 cm³/mol. The molecule has 1 unspecified atom stereocenters. The van der Waals surface area contributed by atoms with E-state index in [1.54, 1.807) is 11.1 Å². The summed E-state index contributed by atoms with van der Waals surface area (Å²) in [5.41, 5.74) is 4.64. The molecule has 156 valence electrons. The standard InChI is InChI=1S/C11H19OSi.C9H7.2CH3.2ClH.H2Si.Zr/c1-13(2,3)12-10-6-9-11-7-4-5-8-11;1-2-5-9-7-3-6-8(9)4-1;;;;;;/h4,7H,5-6,9-10H2,1-3H3;1-7H;2*1H3;2*1H;1H2;. The SMILES string of the molecule is C[Si](C)(C)OCCCC1=[C]([Zr]([CH3])([CH3])(=[SiH2])[CH]2C=Cc3ccccc32)CC=C1.Cl.Cl. The molecule has 1 aromatic carbocycles. The van der Waals surface area contributed by atoms with Gasteiger partial charge >= 0.3 is 164 Å². The van der Waals surface area contributed by atoms with Crippen LogP contribution in [0.5, 0.6) is 0 Å². The molecule has 0 heterocycles. The molecular weight excluding hydrogens is 499 g/mol. The maximum absolute atomic E-state index is 6.08. The number of allylic oxidation sites excluding steroid dienone is 5. The number of fused-ring (bicyclic) bond motifs is 1. The molecule has 0 saturated carbocycles. The second kappa shape index (κ2) is 9.62. The van der Waals surface area contributed by atoms with Crippen LogP contribution in [0.25, 0.3) is 6.08 Å². The Bertz CT molecular complexity index is 860. The zero-order valence-electron chi connectivity index (χ0n) is 18.0. The molecular formula is C22H36Cl2OSi2Zr. The van der Waals surface area contributed by atoms with Gasteiger partial charge in [-0.2, -0.15) is 0 Å². The largest absolute Gasteiger partial charge is 0.147 e. The summed E-state index contributed by atoms with van der Waals surface area (Å²) < 4.78 is 13.9. The normalized spacial score (nSPS) is 18.7. The Hall–Kier alpha value is 0.297. The number of hydrogen-bond donors (Lipinski definition) is 0. The van der Waals surface area contributed by atoms with Gasteiger partial charge in [0.15, 0.2) is 0 Å². The average molecular weight is 535 g/mol. The van der Waals surface area contributed by atoms with E-state index in [4.69, 9.17) is 4.43 Å². The van der Waals surface area contributed by atoms with Gasteiger partial charge in [-0.05, 0) is 0 Å². The molecule has 0 aliphatic heterocycles. The first-order valence-electron chi connectivity index (χ1n) is 9.94. The summed E-state index contributed by atoms with van der Waals surface area (Å²) in [6.07, 6.45) is 13.2. The number of hydrogen-bond acceptors (Lipinski definition) is 1. The molecule has 0 amide bonds. The van der Waals surface area contributed by atoms with E-state index in [1.807, 2.05) is 3.28 Å². The molecule has 1 atom stereocenters. The topological polar surface area (TPSA) is 9.23 Å². The van der Waals surface area contributed by atoms with Gasteiger partial charge in [0.1, 0.15) is 0 Å². The summed E-state index contributed by atoms with van der Waals surface area (Å²) in [5, 5.41) is 0. The number of rotatable bonds is 7. The molecule has 28 heavy (non-hydrogen) atoms. The maximum atomic E-state index is 6.08. The zero-order chi connectivity index (χ0) is 19.0. The molecule has 0 fully saturated rings. The van der Waals surface area contributed by atoms with Crippen molar-refractivity contribution in [3.05, 3.63) is 62.5 Å². The van der Waals surface area contributed by atoms with E-state index < -0.39 is 25.7 Å². The van der Waals surface area contributed by atoms with Crippen LogP contribution in [-0.2, 0) is 21.8 Å². The van der Waals surface area contributed by atoms with Gasteiger partial charge in [0.05, 0.1) is 0 Å². The van der Waals surface area contributed by atoms with Crippen molar-refractivity contribution in [2.75, 3.05) is 6.61 Å². The molecule has 0 radical (unpaired) electrons. The van der Waals surface area contributed by atoms with Gasteiger partial charge in [0.2, 0.25) is 0 Å². The average Bonchev–Trinajstić information content (AvgIpc) is 3.18. The van der Waals surface area contributed by atoms with Crippen molar-refractivity contribution >= 4 is 46.1 Å².